The summed E-state index contributed by atoms with van der Waals surface area (Å²) < 4.78 is 0. The summed E-state index contributed by atoms with van der Waals surface area (Å²) in [4.78, 5) is 0. The van der Waals surface area contributed by atoms with E-state index < -0.39 is 5.54 Å². The molecule has 0 amide bonds. The normalized spacial score (nSPS) is 13.5. The topological polar surface area (TPSA) is 22.1 Å². The summed E-state index contributed by atoms with van der Waals surface area (Å²) in [5.74, 6) is 0.881. The van der Waals surface area contributed by atoms with Crippen LogP contribution in [-0.4, -0.2) is 10.8 Å². The molecule has 0 saturated carbocycles. The zero-order valence-electron chi connectivity index (χ0n) is 21.6. The highest BCUT2D eigenvalue weighted by atomic mass is 16.0. The lowest BCUT2D eigenvalue weighted by molar-refractivity contribution is 0.254. The standard InChI is InChI=1S/C34H30N4/c1-27-23-25-33(26-24-27)38-36(28(2)35-37(38)32-21-13-6-14-22-32)34(29-15-7-3-8-16-29,30-17-9-4-10-18-30)31-19-11-5-12-20-31/h3-26H,1-2H3. The summed E-state index contributed by atoms with van der Waals surface area (Å²) in [6.45, 7) is 4.21. The highest BCUT2D eigenvalue weighted by molar-refractivity contribution is 5.89. The van der Waals surface area contributed by atoms with E-state index in [1.807, 2.05) is 11.2 Å². The summed E-state index contributed by atoms with van der Waals surface area (Å²) in [6, 6.07) is 51.1. The molecular weight excluding hydrogens is 464 g/mol. The number of anilines is 2. The first-order valence-electron chi connectivity index (χ1n) is 12.9. The van der Waals surface area contributed by atoms with Crippen LogP contribution in [0.3, 0.4) is 0 Å². The Labute approximate surface area is 224 Å². The number of hydrogen-bond acceptors (Lipinski definition) is 4. The first-order valence-corrected chi connectivity index (χ1v) is 12.9. The van der Waals surface area contributed by atoms with Crippen molar-refractivity contribution in [2.75, 3.05) is 10.2 Å². The van der Waals surface area contributed by atoms with Crippen LogP contribution in [0.15, 0.2) is 151 Å². The molecule has 0 aromatic heterocycles. The Morgan fingerprint density at radius 1 is 0.474 bits per heavy atom. The molecule has 4 nitrogen and oxygen atoms in total. The Morgan fingerprint density at radius 2 is 0.895 bits per heavy atom. The van der Waals surface area contributed by atoms with Crippen molar-refractivity contribution in [3.05, 3.63) is 168 Å². The van der Waals surface area contributed by atoms with E-state index in [1.165, 1.54) is 5.56 Å². The predicted molar refractivity (Wildman–Crippen MR) is 157 cm³/mol. The van der Waals surface area contributed by atoms with Crippen molar-refractivity contribution < 1.29 is 0 Å². The Morgan fingerprint density at radius 3 is 1.34 bits per heavy atom. The highest BCUT2D eigenvalue weighted by Gasteiger charge is 2.50. The molecule has 6 rings (SSSR count). The van der Waals surface area contributed by atoms with Gasteiger partial charge in [-0.05, 0) is 54.8 Å². The van der Waals surface area contributed by atoms with Crippen molar-refractivity contribution in [3.63, 3.8) is 0 Å². The smallest absolute Gasteiger partial charge is 0.146 e. The maximum Gasteiger partial charge on any atom is 0.146 e. The predicted octanol–water partition coefficient (Wildman–Crippen LogP) is 7.78. The summed E-state index contributed by atoms with van der Waals surface area (Å²) >= 11 is 0. The van der Waals surface area contributed by atoms with E-state index in [9.17, 15) is 0 Å². The van der Waals surface area contributed by atoms with E-state index in [0.29, 0.717) is 0 Å². The van der Waals surface area contributed by atoms with Crippen molar-refractivity contribution in [3.8, 4) is 0 Å². The van der Waals surface area contributed by atoms with Gasteiger partial charge in [-0.25, -0.2) is 5.01 Å². The van der Waals surface area contributed by atoms with E-state index in [1.54, 1.807) is 0 Å². The third kappa shape index (κ3) is 3.91. The Bertz CT molecular complexity index is 1420. The second kappa shape index (κ2) is 9.91. The van der Waals surface area contributed by atoms with Crippen LogP contribution < -0.4 is 10.2 Å². The third-order valence-corrected chi connectivity index (χ3v) is 7.06. The van der Waals surface area contributed by atoms with Gasteiger partial charge in [0.1, 0.15) is 11.4 Å². The average molecular weight is 495 g/mol. The number of benzene rings is 5. The lowest BCUT2D eigenvalue weighted by Gasteiger charge is -2.49. The zero-order chi connectivity index (χ0) is 26.0. The van der Waals surface area contributed by atoms with Crippen LogP contribution in [0.2, 0.25) is 0 Å². The highest BCUT2D eigenvalue weighted by Crippen LogP contribution is 2.47. The number of amidine groups is 1. The lowest BCUT2D eigenvalue weighted by Crippen LogP contribution is -2.59. The number of nitrogens with zero attached hydrogens (tertiary/aromatic N) is 4. The SMILES string of the molecule is CC1=NN(c2ccccc2)N(c2ccc(C)cc2)N1C(c1ccccc1)(c1ccccc1)c1ccccc1. The number of rotatable bonds is 6. The quantitative estimate of drug-likeness (QED) is 0.225. The summed E-state index contributed by atoms with van der Waals surface area (Å²) in [6.07, 6.45) is 0. The molecule has 0 unspecified atom stereocenters. The van der Waals surface area contributed by atoms with Gasteiger partial charge in [-0.15, -0.1) is 5.10 Å². The first kappa shape index (κ1) is 23.6. The average Bonchev–Trinajstić information content (AvgIpc) is 3.33. The van der Waals surface area contributed by atoms with Gasteiger partial charge >= 0.3 is 0 Å². The molecule has 0 fully saturated rings. The summed E-state index contributed by atoms with van der Waals surface area (Å²) in [5.41, 5.74) is 5.97. The molecule has 0 aliphatic carbocycles. The molecule has 0 atom stereocenters. The number of aryl methyl sites for hydroxylation is 1. The van der Waals surface area contributed by atoms with Gasteiger partial charge in [-0.3, -0.25) is 0 Å². The minimum Gasteiger partial charge on any atom is -0.230 e. The van der Waals surface area contributed by atoms with Gasteiger partial charge in [0.05, 0.1) is 11.4 Å². The lowest BCUT2D eigenvalue weighted by atomic mass is 9.76. The Balaban J connectivity index is 1.69. The summed E-state index contributed by atoms with van der Waals surface area (Å²) in [5, 5.41) is 11.7. The van der Waals surface area contributed by atoms with E-state index in [-0.39, 0.29) is 0 Å². The van der Waals surface area contributed by atoms with E-state index in [2.05, 4.69) is 164 Å². The molecule has 0 N–H and O–H groups in total. The van der Waals surface area contributed by atoms with Gasteiger partial charge in [-0.1, -0.05) is 127 Å². The maximum atomic E-state index is 5.16. The van der Waals surface area contributed by atoms with Crippen molar-refractivity contribution >= 4 is 17.2 Å². The molecule has 5 aromatic carbocycles. The maximum absolute atomic E-state index is 5.16. The van der Waals surface area contributed by atoms with Crippen LogP contribution in [0.25, 0.3) is 0 Å². The molecule has 38 heavy (non-hydrogen) atoms. The fourth-order valence-corrected chi connectivity index (χ4v) is 5.36. The Hall–Kier alpha value is -4.83. The molecule has 0 spiro atoms. The van der Waals surface area contributed by atoms with Crippen LogP contribution in [0.5, 0.6) is 0 Å². The van der Waals surface area contributed by atoms with Gasteiger partial charge in [-0.2, -0.15) is 10.2 Å². The molecule has 1 aliphatic rings. The van der Waals surface area contributed by atoms with Crippen LogP contribution in [0, 0.1) is 6.92 Å². The first-order chi connectivity index (χ1) is 18.7. The molecule has 0 bridgehead atoms. The van der Waals surface area contributed by atoms with Crippen LogP contribution in [0.4, 0.5) is 11.4 Å². The molecule has 5 aromatic rings. The molecule has 1 heterocycles. The zero-order valence-corrected chi connectivity index (χ0v) is 21.6. The molecule has 0 saturated heterocycles. The monoisotopic (exact) mass is 494 g/mol. The second-order valence-corrected chi connectivity index (χ2v) is 9.52. The van der Waals surface area contributed by atoms with Crippen LogP contribution in [0.1, 0.15) is 29.2 Å². The molecule has 1 aliphatic heterocycles. The number of hydrogen-bond donors (Lipinski definition) is 0. The molecule has 4 heteroatoms. The largest absolute Gasteiger partial charge is 0.230 e. The van der Waals surface area contributed by atoms with Crippen LogP contribution in [-0.2, 0) is 5.54 Å². The van der Waals surface area contributed by atoms with Crippen molar-refractivity contribution in [2.24, 2.45) is 5.10 Å². The van der Waals surface area contributed by atoms with Gasteiger partial charge in [0.15, 0.2) is 0 Å². The fraction of sp³-hybridized carbons (Fsp3) is 0.0882. The van der Waals surface area contributed by atoms with Gasteiger partial charge in [0.25, 0.3) is 0 Å². The van der Waals surface area contributed by atoms with E-state index in [4.69, 9.17) is 5.10 Å². The molecule has 186 valence electrons. The van der Waals surface area contributed by atoms with Gasteiger partial charge in [0, 0.05) is 0 Å². The van der Waals surface area contributed by atoms with E-state index in [0.717, 1.165) is 33.9 Å². The number of hydrazone groups is 1. The van der Waals surface area contributed by atoms with Crippen LogP contribution >= 0.6 is 0 Å². The minimum absolute atomic E-state index is 0.703. The number of hydrazine groups is 2. The summed E-state index contributed by atoms with van der Waals surface area (Å²) in [7, 11) is 0. The van der Waals surface area contributed by atoms with Crippen molar-refractivity contribution in [2.45, 2.75) is 19.4 Å². The fourth-order valence-electron chi connectivity index (χ4n) is 5.36. The minimum atomic E-state index is -0.703. The molecule has 0 radical (unpaired) electrons. The second-order valence-electron chi connectivity index (χ2n) is 9.52. The number of para-hydroxylation sites is 1. The van der Waals surface area contributed by atoms with E-state index >= 15 is 0 Å². The molecular formula is C34H30N4. The Kier molecular flexibility index (Phi) is 6.14. The van der Waals surface area contributed by atoms with Crippen molar-refractivity contribution in [1.29, 1.82) is 0 Å². The van der Waals surface area contributed by atoms with Gasteiger partial charge < -0.3 is 0 Å². The third-order valence-electron chi connectivity index (χ3n) is 7.06. The van der Waals surface area contributed by atoms with Gasteiger partial charge in [0.2, 0.25) is 0 Å². The van der Waals surface area contributed by atoms with Crippen molar-refractivity contribution in [1.82, 2.24) is 5.01 Å².